The summed E-state index contributed by atoms with van der Waals surface area (Å²) in [6, 6.07) is 13.3. The number of benzene rings is 2. The van der Waals surface area contributed by atoms with E-state index in [1.807, 2.05) is 0 Å². The Hall–Kier alpha value is -1.11. The van der Waals surface area contributed by atoms with Gasteiger partial charge in [0.05, 0.1) is 6.10 Å². The molecule has 3 nitrogen and oxygen atoms in total. The van der Waals surface area contributed by atoms with Gasteiger partial charge in [0.15, 0.2) is 0 Å². The van der Waals surface area contributed by atoms with Crippen molar-refractivity contribution in [3.63, 3.8) is 0 Å². The Morgan fingerprint density at radius 1 is 0.923 bits per heavy atom. The fraction of sp³-hybridized carbons (Fsp3) is 0.455. The van der Waals surface area contributed by atoms with Crippen molar-refractivity contribution in [3.8, 4) is 0 Å². The third-order valence-electron chi connectivity index (χ3n) is 6.04. The Labute approximate surface area is 170 Å². The van der Waals surface area contributed by atoms with Crippen molar-refractivity contribution in [2.75, 3.05) is 31.1 Å². The third kappa shape index (κ3) is 3.39. The Balaban J connectivity index is 1.48. The van der Waals surface area contributed by atoms with E-state index in [1.165, 1.54) is 31.5 Å². The largest absolute Gasteiger partial charge is 0.391 e. The monoisotopic (exact) mass is 462 g/mol. The van der Waals surface area contributed by atoms with Crippen LogP contribution in [0.4, 0.5) is 5.69 Å². The predicted molar refractivity (Wildman–Crippen MR) is 116 cm³/mol. The van der Waals surface area contributed by atoms with E-state index >= 15 is 0 Å². The van der Waals surface area contributed by atoms with Crippen LogP contribution in [0.2, 0.25) is 0 Å². The highest BCUT2D eigenvalue weighted by Crippen LogP contribution is 2.30. The first-order valence-corrected chi connectivity index (χ1v) is 10.6. The maximum absolute atomic E-state index is 10.8. The van der Waals surface area contributed by atoms with E-state index in [0.29, 0.717) is 0 Å². The molecule has 0 aromatic heterocycles. The number of halogens is 1. The molecule has 4 rings (SSSR count). The van der Waals surface area contributed by atoms with Crippen LogP contribution in [-0.4, -0.2) is 48.3 Å². The highest BCUT2D eigenvalue weighted by molar-refractivity contribution is 14.1. The molecule has 26 heavy (non-hydrogen) atoms. The second-order valence-electron chi connectivity index (χ2n) is 7.68. The van der Waals surface area contributed by atoms with Crippen molar-refractivity contribution in [1.82, 2.24) is 4.90 Å². The molecule has 4 heteroatoms. The molecule has 0 unspecified atom stereocenters. The van der Waals surface area contributed by atoms with Gasteiger partial charge in [-0.25, -0.2) is 0 Å². The second kappa shape index (κ2) is 7.49. The van der Waals surface area contributed by atoms with Gasteiger partial charge < -0.3 is 10.0 Å². The number of aliphatic hydroxyl groups excluding tert-OH is 1. The number of nitrogens with zero attached hydrogens (tertiary/aromatic N) is 2. The molecule has 1 N–H and O–H groups in total. The summed E-state index contributed by atoms with van der Waals surface area (Å²) in [5.41, 5.74) is 6.89. The summed E-state index contributed by atoms with van der Waals surface area (Å²) in [5.74, 6) is 0. The van der Waals surface area contributed by atoms with Crippen LogP contribution in [0.1, 0.15) is 22.3 Å². The zero-order valence-electron chi connectivity index (χ0n) is 15.6. The van der Waals surface area contributed by atoms with Crippen LogP contribution in [0.5, 0.6) is 0 Å². The van der Waals surface area contributed by atoms with Gasteiger partial charge >= 0.3 is 0 Å². The summed E-state index contributed by atoms with van der Waals surface area (Å²) < 4.78 is 1.34. The summed E-state index contributed by atoms with van der Waals surface area (Å²) >= 11 is 2.44. The van der Waals surface area contributed by atoms with E-state index in [9.17, 15) is 5.11 Å². The molecule has 2 aromatic carbocycles. The zero-order valence-corrected chi connectivity index (χ0v) is 17.7. The molecule has 0 radical (unpaired) electrons. The van der Waals surface area contributed by atoms with Gasteiger partial charge in [0.1, 0.15) is 0 Å². The minimum absolute atomic E-state index is 0.249. The lowest BCUT2D eigenvalue weighted by Crippen LogP contribution is -2.56. The van der Waals surface area contributed by atoms with E-state index in [4.69, 9.17) is 0 Å². The molecule has 0 spiro atoms. The van der Waals surface area contributed by atoms with Gasteiger partial charge in [-0.05, 0) is 71.2 Å². The first-order valence-electron chi connectivity index (χ1n) is 9.54. The first-order chi connectivity index (χ1) is 12.5. The molecule has 1 heterocycles. The summed E-state index contributed by atoms with van der Waals surface area (Å²) in [5, 5.41) is 10.8. The van der Waals surface area contributed by atoms with Crippen LogP contribution in [-0.2, 0) is 12.8 Å². The van der Waals surface area contributed by atoms with Crippen molar-refractivity contribution < 1.29 is 5.11 Å². The highest BCUT2D eigenvalue weighted by Gasteiger charge is 2.34. The van der Waals surface area contributed by atoms with Crippen LogP contribution < -0.4 is 4.90 Å². The fourth-order valence-corrected chi connectivity index (χ4v) is 5.46. The average Bonchev–Trinajstić information content (AvgIpc) is 2.62. The van der Waals surface area contributed by atoms with Crippen LogP contribution in [0.3, 0.4) is 0 Å². The van der Waals surface area contributed by atoms with Crippen molar-refractivity contribution in [3.05, 3.63) is 62.2 Å². The van der Waals surface area contributed by atoms with E-state index in [0.717, 1.165) is 39.0 Å². The number of anilines is 1. The van der Waals surface area contributed by atoms with Crippen LogP contribution in [0, 0.1) is 17.4 Å². The lowest BCUT2D eigenvalue weighted by atomic mass is 9.85. The Bertz CT molecular complexity index is 778. The van der Waals surface area contributed by atoms with Gasteiger partial charge in [0.2, 0.25) is 0 Å². The van der Waals surface area contributed by atoms with Gasteiger partial charge in [0, 0.05) is 47.9 Å². The van der Waals surface area contributed by atoms with Crippen LogP contribution in [0.25, 0.3) is 0 Å². The van der Waals surface area contributed by atoms with Crippen molar-refractivity contribution in [2.45, 2.75) is 38.8 Å². The molecule has 2 aliphatic rings. The molecule has 1 aliphatic heterocycles. The number of hydrogen-bond acceptors (Lipinski definition) is 3. The minimum atomic E-state index is -0.257. The molecule has 0 bridgehead atoms. The number of aryl methyl sites for hydroxylation is 2. The molecule has 1 saturated heterocycles. The number of fused-ring (bicyclic) bond motifs is 1. The third-order valence-corrected chi connectivity index (χ3v) is 7.05. The normalized spacial score (nSPS) is 23.8. The number of para-hydroxylation sites is 1. The number of aliphatic hydroxyl groups is 1. The molecule has 0 saturated carbocycles. The van der Waals surface area contributed by atoms with Gasteiger partial charge in [-0.1, -0.05) is 30.3 Å². The molecular formula is C22H27IN2O. The molecule has 138 valence electrons. The average molecular weight is 462 g/mol. The van der Waals surface area contributed by atoms with Gasteiger partial charge in [-0.3, -0.25) is 4.90 Å². The number of rotatable bonds is 2. The van der Waals surface area contributed by atoms with Crippen LogP contribution in [0.15, 0.2) is 36.4 Å². The van der Waals surface area contributed by atoms with E-state index < -0.39 is 0 Å². The van der Waals surface area contributed by atoms with Gasteiger partial charge in [-0.15, -0.1) is 0 Å². The van der Waals surface area contributed by atoms with Gasteiger partial charge in [-0.2, -0.15) is 0 Å². The standard InChI is InChI=1S/C22H27IN2O/c1-15-5-3-6-16(2)22(15)25-11-9-24(10-12-25)20-14-18-17(13-21(20)26)7-4-8-19(18)23/h3-8,20-21,26H,9-14H2,1-2H3/t20-,21-/m0/s1. The predicted octanol–water partition coefficient (Wildman–Crippen LogP) is 3.56. The minimum Gasteiger partial charge on any atom is -0.391 e. The Morgan fingerprint density at radius 3 is 2.27 bits per heavy atom. The maximum Gasteiger partial charge on any atom is 0.0739 e. The lowest BCUT2D eigenvalue weighted by Gasteiger charge is -2.44. The fourth-order valence-electron chi connectivity index (χ4n) is 4.68. The molecule has 2 aromatic rings. The zero-order chi connectivity index (χ0) is 18.3. The quantitative estimate of drug-likeness (QED) is 0.692. The summed E-state index contributed by atoms with van der Waals surface area (Å²) in [6.07, 6.45) is 1.50. The summed E-state index contributed by atoms with van der Waals surface area (Å²) in [7, 11) is 0. The SMILES string of the molecule is Cc1cccc(C)c1N1CCN([C@H]2Cc3c(I)cccc3C[C@@H]2O)CC1. The molecule has 1 aliphatic carbocycles. The Morgan fingerprint density at radius 2 is 1.58 bits per heavy atom. The molecule has 1 fully saturated rings. The van der Waals surface area contributed by atoms with Crippen molar-refractivity contribution >= 4 is 28.3 Å². The molecule has 2 atom stereocenters. The summed E-state index contributed by atoms with van der Waals surface area (Å²) in [6.45, 7) is 8.53. The summed E-state index contributed by atoms with van der Waals surface area (Å²) in [4.78, 5) is 5.04. The molecule has 0 amide bonds. The number of piperazine rings is 1. The van der Waals surface area contributed by atoms with Gasteiger partial charge in [0.25, 0.3) is 0 Å². The van der Waals surface area contributed by atoms with E-state index in [1.54, 1.807) is 0 Å². The number of hydrogen-bond donors (Lipinski definition) is 1. The highest BCUT2D eigenvalue weighted by atomic mass is 127. The van der Waals surface area contributed by atoms with E-state index in [2.05, 4.69) is 82.6 Å². The van der Waals surface area contributed by atoms with Crippen molar-refractivity contribution in [1.29, 1.82) is 0 Å². The molecular weight excluding hydrogens is 435 g/mol. The Kier molecular flexibility index (Phi) is 5.26. The second-order valence-corrected chi connectivity index (χ2v) is 8.85. The first kappa shape index (κ1) is 18.3. The van der Waals surface area contributed by atoms with E-state index in [-0.39, 0.29) is 12.1 Å². The van der Waals surface area contributed by atoms with Crippen LogP contribution >= 0.6 is 22.6 Å². The lowest BCUT2D eigenvalue weighted by molar-refractivity contribution is 0.0393. The smallest absolute Gasteiger partial charge is 0.0739 e. The maximum atomic E-state index is 10.8. The van der Waals surface area contributed by atoms with Crippen molar-refractivity contribution in [2.24, 2.45) is 0 Å². The topological polar surface area (TPSA) is 26.7 Å².